The molecule has 0 aromatic carbocycles. The predicted molar refractivity (Wildman–Crippen MR) is 64.4 cm³/mol. The average molecular weight is 318 g/mol. The van der Waals surface area contributed by atoms with Gasteiger partial charge in [0.15, 0.2) is 0 Å². The standard InChI is InChI=1S/C14H20F6O/c1-2-3-10-8-4-5-11(10)9(6-8)7-12(21,13(15,16)17)14(18,19)20/h8-11,21H,2-7H2,1H3. The molecule has 0 spiro atoms. The second-order valence-corrected chi connectivity index (χ2v) is 6.51. The van der Waals surface area contributed by atoms with Crippen molar-refractivity contribution in [2.45, 2.75) is 63.4 Å². The van der Waals surface area contributed by atoms with Gasteiger partial charge in [-0.1, -0.05) is 19.8 Å². The minimum Gasteiger partial charge on any atom is -0.374 e. The van der Waals surface area contributed by atoms with Crippen LogP contribution in [0, 0.1) is 23.7 Å². The van der Waals surface area contributed by atoms with Crippen molar-refractivity contribution < 1.29 is 31.4 Å². The Morgan fingerprint density at radius 3 is 2.05 bits per heavy atom. The van der Waals surface area contributed by atoms with E-state index in [-0.39, 0.29) is 17.8 Å². The quantitative estimate of drug-likeness (QED) is 0.745. The zero-order valence-corrected chi connectivity index (χ0v) is 11.8. The molecular weight excluding hydrogens is 298 g/mol. The summed E-state index contributed by atoms with van der Waals surface area (Å²) in [5, 5.41) is 9.34. The molecule has 2 rings (SSSR count). The normalized spacial score (nSPS) is 33.7. The molecule has 1 N–H and O–H groups in total. The molecule has 0 saturated heterocycles. The Labute approximate surface area is 119 Å². The summed E-state index contributed by atoms with van der Waals surface area (Å²) < 4.78 is 76.6. The fourth-order valence-corrected chi connectivity index (χ4v) is 4.42. The maximum absolute atomic E-state index is 12.8. The summed E-state index contributed by atoms with van der Waals surface area (Å²) in [6.07, 6.45) is -8.94. The minimum atomic E-state index is -5.69. The molecule has 1 nitrogen and oxygen atoms in total. The highest BCUT2D eigenvalue weighted by Crippen LogP contribution is 2.58. The van der Waals surface area contributed by atoms with Crippen LogP contribution in [0.3, 0.4) is 0 Å². The van der Waals surface area contributed by atoms with E-state index in [4.69, 9.17) is 0 Å². The molecule has 124 valence electrons. The Hall–Kier alpha value is -0.460. The predicted octanol–water partition coefficient (Wildman–Crippen LogP) is 4.69. The van der Waals surface area contributed by atoms with Gasteiger partial charge in [0.1, 0.15) is 0 Å². The lowest BCUT2D eigenvalue weighted by atomic mass is 9.78. The van der Waals surface area contributed by atoms with Crippen molar-refractivity contribution in [3.05, 3.63) is 0 Å². The van der Waals surface area contributed by atoms with Crippen LogP contribution >= 0.6 is 0 Å². The van der Waals surface area contributed by atoms with E-state index in [1.807, 2.05) is 6.92 Å². The zero-order valence-electron chi connectivity index (χ0n) is 11.8. The fourth-order valence-electron chi connectivity index (χ4n) is 4.42. The first-order valence-corrected chi connectivity index (χ1v) is 7.37. The van der Waals surface area contributed by atoms with Crippen LogP contribution in [0.15, 0.2) is 0 Å². The Morgan fingerprint density at radius 2 is 1.57 bits per heavy atom. The number of halogens is 6. The van der Waals surface area contributed by atoms with Crippen molar-refractivity contribution in [1.82, 2.24) is 0 Å². The third kappa shape index (κ3) is 2.78. The Balaban J connectivity index is 2.17. The minimum absolute atomic E-state index is 0.105. The van der Waals surface area contributed by atoms with E-state index >= 15 is 0 Å². The zero-order chi connectivity index (χ0) is 16.1. The lowest BCUT2D eigenvalue weighted by Gasteiger charge is -2.36. The van der Waals surface area contributed by atoms with Crippen LogP contribution in [-0.4, -0.2) is 23.1 Å². The highest BCUT2D eigenvalue weighted by Gasteiger charge is 2.71. The number of rotatable bonds is 4. The molecule has 2 bridgehead atoms. The molecule has 0 aliphatic heterocycles. The molecule has 2 saturated carbocycles. The average Bonchev–Trinajstić information content (AvgIpc) is 2.83. The van der Waals surface area contributed by atoms with Crippen LogP contribution in [0.5, 0.6) is 0 Å². The van der Waals surface area contributed by atoms with Crippen LogP contribution < -0.4 is 0 Å². The number of aliphatic hydroxyl groups is 1. The summed E-state index contributed by atoms with van der Waals surface area (Å²) in [5.74, 6) is -0.337. The van der Waals surface area contributed by atoms with Gasteiger partial charge in [-0.3, -0.25) is 0 Å². The highest BCUT2D eigenvalue weighted by molar-refractivity contribution is 5.03. The molecule has 0 aromatic heterocycles. The molecule has 4 atom stereocenters. The third-order valence-corrected chi connectivity index (χ3v) is 5.35. The molecule has 0 radical (unpaired) electrons. The number of fused-ring (bicyclic) bond motifs is 2. The van der Waals surface area contributed by atoms with Gasteiger partial charge in [0.05, 0.1) is 0 Å². The van der Waals surface area contributed by atoms with Crippen molar-refractivity contribution in [3.63, 3.8) is 0 Å². The summed E-state index contributed by atoms with van der Waals surface area (Å²) >= 11 is 0. The summed E-state index contributed by atoms with van der Waals surface area (Å²) in [7, 11) is 0. The van der Waals surface area contributed by atoms with Gasteiger partial charge >= 0.3 is 12.4 Å². The van der Waals surface area contributed by atoms with Crippen LogP contribution in [-0.2, 0) is 0 Å². The molecule has 2 aliphatic rings. The maximum atomic E-state index is 12.8. The number of hydrogen-bond acceptors (Lipinski definition) is 1. The summed E-state index contributed by atoms with van der Waals surface area (Å²) in [4.78, 5) is 0. The van der Waals surface area contributed by atoms with Gasteiger partial charge in [0, 0.05) is 0 Å². The van der Waals surface area contributed by atoms with Crippen molar-refractivity contribution in [2.24, 2.45) is 23.7 Å². The lowest BCUT2D eigenvalue weighted by molar-refractivity contribution is -0.373. The fraction of sp³-hybridized carbons (Fsp3) is 1.00. The first-order chi connectivity index (χ1) is 9.51. The van der Waals surface area contributed by atoms with Crippen molar-refractivity contribution in [2.75, 3.05) is 0 Å². The van der Waals surface area contributed by atoms with Crippen LogP contribution in [0.1, 0.15) is 45.4 Å². The highest BCUT2D eigenvalue weighted by atomic mass is 19.4. The second-order valence-electron chi connectivity index (χ2n) is 6.51. The van der Waals surface area contributed by atoms with Gasteiger partial charge in [0.2, 0.25) is 0 Å². The molecule has 21 heavy (non-hydrogen) atoms. The van der Waals surface area contributed by atoms with E-state index in [1.165, 1.54) is 0 Å². The summed E-state index contributed by atoms with van der Waals surface area (Å²) in [6.45, 7) is 1.97. The van der Waals surface area contributed by atoms with E-state index in [2.05, 4.69) is 0 Å². The number of alkyl halides is 6. The molecular formula is C14H20F6O. The first kappa shape index (κ1) is 16.9. The number of hydrogen-bond donors (Lipinski definition) is 1. The Morgan fingerprint density at radius 1 is 1.00 bits per heavy atom. The molecule has 4 unspecified atom stereocenters. The monoisotopic (exact) mass is 318 g/mol. The van der Waals surface area contributed by atoms with Crippen LogP contribution in [0.25, 0.3) is 0 Å². The lowest BCUT2D eigenvalue weighted by Crippen LogP contribution is -2.58. The molecule has 7 heteroatoms. The summed E-state index contributed by atoms with van der Waals surface area (Å²) in [5.41, 5.74) is -4.58. The topological polar surface area (TPSA) is 20.2 Å². The van der Waals surface area contributed by atoms with E-state index < -0.39 is 30.3 Å². The largest absolute Gasteiger partial charge is 0.426 e. The van der Waals surface area contributed by atoms with Crippen molar-refractivity contribution >= 4 is 0 Å². The van der Waals surface area contributed by atoms with Gasteiger partial charge in [-0.25, -0.2) is 0 Å². The maximum Gasteiger partial charge on any atom is 0.426 e. The summed E-state index contributed by atoms with van der Waals surface area (Å²) in [6, 6.07) is 0. The SMILES string of the molecule is CCCC1C2CCC1C(CC(O)(C(F)(F)F)C(F)(F)F)C2. The van der Waals surface area contributed by atoms with Gasteiger partial charge in [-0.15, -0.1) is 0 Å². The smallest absolute Gasteiger partial charge is 0.374 e. The molecule has 0 heterocycles. The first-order valence-electron chi connectivity index (χ1n) is 7.37. The van der Waals surface area contributed by atoms with Crippen molar-refractivity contribution in [3.8, 4) is 0 Å². The van der Waals surface area contributed by atoms with Crippen molar-refractivity contribution in [1.29, 1.82) is 0 Å². The Bertz CT molecular complexity index is 361. The van der Waals surface area contributed by atoms with Gasteiger partial charge in [0.25, 0.3) is 5.60 Å². The van der Waals surface area contributed by atoms with Gasteiger partial charge in [-0.05, 0) is 49.4 Å². The van der Waals surface area contributed by atoms with E-state index in [0.717, 1.165) is 19.3 Å². The van der Waals surface area contributed by atoms with E-state index in [9.17, 15) is 31.4 Å². The van der Waals surface area contributed by atoms with Gasteiger partial charge < -0.3 is 5.11 Å². The molecule has 0 aromatic rings. The van der Waals surface area contributed by atoms with Crippen LogP contribution in [0.2, 0.25) is 0 Å². The Kier molecular flexibility index (Phi) is 4.28. The van der Waals surface area contributed by atoms with Crippen LogP contribution in [0.4, 0.5) is 26.3 Å². The molecule has 2 fully saturated rings. The van der Waals surface area contributed by atoms with Gasteiger partial charge in [-0.2, -0.15) is 26.3 Å². The second kappa shape index (κ2) is 5.32. The molecule has 0 amide bonds. The van der Waals surface area contributed by atoms with E-state index in [1.54, 1.807) is 0 Å². The van der Waals surface area contributed by atoms with E-state index in [0.29, 0.717) is 12.8 Å². The third-order valence-electron chi connectivity index (χ3n) is 5.35. The molecule has 2 aliphatic carbocycles.